The summed E-state index contributed by atoms with van der Waals surface area (Å²) in [6, 6.07) is 8.10. The third kappa shape index (κ3) is 2.95. The molecule has 2 nitrogen and oxygen atoms in total. The first-order chi connectivity index (χ1) is 8.33. The molecule has 0 spiro atoms. The van der Waals surface area contributed by atoms with Crippen LogP contribution in [0.25, 0.3) is 0 Å². The molecule has 2 heteroatoms. The minimum atomic E-state index is 0.268. The fourth-order valence-electron chi connectivity index (χ4n) is 2.34. The van der Waals surface area contributed by atoms with Crippen LogP contribution >= 0.6 is 0 Å². The first-order valence-corrected chi connectivity index (χ1v) is 6.44. The van der Waals surface area contributed by atoms with Gasteiger partial charge in [0.2, 0.25) is 0 Å². The molecular weight excluding hydrogens is 212 g/mol. The molecule has 1 aliphatic rings. The molecule has 1 aromatic carbocycles. The third-order valence-corrected chi connectivity index (χ3v) is 3.56. The lowest BCUT2D eigenvalue weighted by Crippen LogP contribution is -2.14. The molecule has 92 valence electrons. The summed E-state index contributed by atoms with van der Waals surface area (Å²) in [6.07, 6.45) is 5.19. The first-order valence-electron chi connectivity index (χ1n) is 6.44. The predicted octanol–water partition coefficient (Wildman–Crippen LogP) is 3.56. The fourth-order valence-corrected chi connectivity index (χ4v) is 2.34. The maximum atomic E-state index is 12.1. The van der Waals surface area contributed by atoms with Crippen molar-refractivity contribution in [2.24, 2.45) is 0 Å². The Morgan fingerprint density at radius 2 is 2.12 bits per heavy atom. The summed E-state index contributed by atoms with van der Waals surface area (Å²) in [4.78, 5) is 12.1. The summed E-state index contributed by atoms with van der Waals surface area (Å²) < 4.78 is 4.99. The Bertz CT molecular complexity index is 380. The van der Waals surface area contributed by atoms with Gasteiger partial charge in [-0.25, -0.2) is 0 Å². The van der Waals surface area contributed by atoms with E-state index >= 15 is 0 Å². The van der Waals surface area contributed by atoms with Crippen molar-refractivity contribution in [3.8, 4) is 0 Å². The molecule has 0 unspecified atom stereocenters. The van der Waals surface area contributed by atoms with Crippen molar-refractivity contribution in [2.45, 2.75) is 38.0 Å². The number of hydrogen-bond donors (Lipinski definition) is 0. The monoisotopic (exact) mass is 232 g/mol. The van der Waals surface area contributed by atoms with Crippen molar-refractivity contribution in [3.05, 3.63) is 35.4 Å². The van der Waals surface area contributed by atoms with Crippen LogP contribution in [0, 0.1) is 0 Å². The van der Waals surface area contributed by atoms with Crippen molar-refractivity contribution in [3.63, 3.8) is 0 Å². The Labute approximate surface area is 103 Å². The van der Waals surface area contributed by atoms with Gasteiger partial charge in [0.05, 0.1) is 0 Å². The highest BCUT2D eigenvalue weighted by molar-refractivity contribution is 5.97. The molecule has 1 aromatic rings. The van der Waals surface area contributed by atoms with E-state index in [1.54, 1.807) is 7.11 Å². The Balaban J connectivity index is 2.05. The van der Waals surface area contributed by atoms with E-state index in [1.165, 1.54) is 24.8 Å². The quantitative estimate of drug-likeness (QED) is 0.553. The SMILES string of the molecule is COCCCC(=O)c1ccccc1C1CCC1. The van der Waals surface area contributed by atoms with Gasteiger partial charge in [-0.1, -0.05) is 30.7 Å². The van der Waals surface area contributed by atoms with E-state index in [0.717, 1.165) is 12.0 Å². The Hall–Kier alpha value is -1.15. The topological polar surface area (TPSA) is 26.3 Å². The second kappa shape index (κ2) is 5.97. The predicted molar refractivity (Wildman–Crippen MR) is 68.5 cm³/mol. The number of carbonyl (C=O) groups is 1. The summed E-state index contributed by atoms with van der Waals surface area (Å²) in [6.45, 7) is 0.664. The molecule has 0 aliphatic heterocycles. The van der Waals surface area contributed by atoms with Crippen molar-refractivity contribution < 1.29 is 9.53 Å². The zero-order valence-electron chi connectivity index (χ0n) is 10.4. The minimum Gasteiger partial charge on any atom is -0.385 e. The maximum Gasteiger partial charge on any atom is 0.163 e. The van der Waals surface area contributed by atoms with Crippen LogP contribution in [0.4, 0.5) is 0 Å². The van der Waals surface area contributed by atoms with Gasteiger partial charge in [0.1, 0.15) is 0 Å². The number of carbonyl (C=O) groups excluding carboxylic acids is 1. The molecule has 0 N–H and O–H groups in total. The van der Waals surface area contributed by atoms with Gasteiger partial charge >= 0.3 is 0 Å². The van der Waals surface area contributed by atoms with Gasteiger partial charge in [-0.3, -0.25) is 4.79 Å². The smallest absolute Gasteiger partial charge is 0.163 e. The summed E-state index contributed by atoms with van der Waals surface area (Å²) in [5.41, 5.74) is 2.20. The molecule has 2 rings (SSSR count). The molecule has 1 aliphatic carbocycles. The summed E-state index contributed by atoms with van der Waals surface area (Å²) >= 11 is 0. The van der Waals surface area contributed by atoms with E-state index in [4.69, 9.17) is 4.74 Å². The highest BCUT2D eigenvalue weighted by atomic mass is 16.5. The van der Waals surface area contributed by atoms with Gasteiger partial charge < -0.3 is 4.74 Å². The molecule has 0 heterocycles. The van der Waals surface area contributed by atoms with Gasteiger partial charge in [0.15, 0.2) is 5.78 Å². The molecule has 0 atom stereocenters. The number of rotatable bonds is 6. The molecule has 1 fully saturated rings. The van der Waals surface area contributed by atoms with E-state index in [-0.39, 0.29) is 5.78 Å². The number of benzene rings is 1. The maximum absolute atomic E-state index is 12.1. The average Bonchev–Trinajstić information content (AvgIpc) is 2.28. The molecule has 0 aromatic heterocycles. The largest absolute Gasteiger partial charge is 0.385 e. The Morgan fingerprint density at radius 1 is 1.35 bits per heavy atom. The molecule has 0 bridgehead atoms. The van der Waals surface area contributed by atoms with E-state index < -0.39 is 0 Å². The van der Waals surface area contributed by atoms with E-state index in [0.29, 0.717) is 18.9 Å². The van der Waals surface area contributed by atoms with Crippen LogP contribution < -0.4 is 0 Å². The molecule has 0 amide bonds. The molecule has 17 heavy (non-hydrogen) atoms. The van der Waals surface area contributed by atoms with Crippen molar-refractivity contribution in [1.82, 2.24) is 0 Å². The van der Waals surface area contributed by atoms with E-state index in [1.807, 2.05) is 18.2 Å². The lowest BCUT2D eigenvalue weighted by Gasteiger charge is -2.27. The number of Topliss-reactive ketones (excluding diaryl/α,β-unsaturated/α-hetero) is 1. The van der Waals surface area contributed by atoms with Crippen LogP contribution in [0.1, 0.15) is 53.9 Å². The average molecular weight is 232 g/mol. The first kappa shape index (κ1) is 12.3. The highest BCUT2D eigenvalue weighted by Crippen LogP contribution is 2.38. The summed E-state index contributed by atoms with van der Waals surface area (Å²) in [5.74, 6) is 0.891. The van der Waals surface area contributed by atoms with Gasteiger partial charge in [0, 0.05) is 25.7 Å². The molecule has 1 saturated carbocycles. The Morgan fingerprint density at radius 3 is 2.76 bits per heavy atom. The minimum absolute atomic E-state index is 0.268. The van der Waals surface area contributed by atoms with Gasteiger partial charge in [0.25, 0.3) is 0 Å². The van der Waals surface area contributed by atoms with Crippen LogP contribution in [-0.4, -0.2) is 19.5 Å². The van der Waals surface area contributed by atoms with Crippen LogP contribution in [-0.2, 0) is 4.74 Å². The standard InChI is InChI=1S/C15H20O2/c1-17-11-5-10-15(16)14-9-3-2-8-13(14)12-6-4-7-12/h2-3,8-9,12H,4-7,10-11H2,1H3. The zero-order valence-corrected chi connectivity index (χ0v) is 10.4. The lowest BCUT2D eigenvalue weighted by molar-refractivity contribution is 0.0961. The zero-order chi connectivity index (χ0) is 12.1. The second-order valence-corrected chi connectivity index (χ2v) is 4.73. The fraction of sp³-hybridized carbons (Fsp3) is 0.533. The van der Waals surface area contributed by atoms with Crippen LogP contribution in [0.5, 0.6) is 0 Å². The van der Waals surface area contributed by atoms with Crippen molar-refractivity contribution in [1.29, 1.82) is 0 Å². The van der Waals surface area contributed by atoms with E-state index in [2.05, 4.69) is 6.07 Å². The van der Waals surface area contributed by atoms with Gasteiger partial charge in [-0.05, 0) is 30.7 Å². The summed E-state index contributed by atoms with van der Waals surface area (Å²) in [7, 11) is 1.67. The third-order valence-electron chi connectivity index (χ3n) is 3.56. The van der Waals surface area contributed by atoms with Crippen LogP contribution in [0.15, 0.2) is 24.3 Å². The summed E-state index contributed by atoms with van der Waals surface area (Å²) in [5, 5.41) is 0. The van der Waals surface area contributed by atoms with Gasteiger partial charge in [-0.15, -0.1) is 0 Å². The lowest BCUT2D eigenvalue weighted by atomic mass is 9.77. The van der Waals surface area contributed by atoms with Crippen LogP contribution in [0.2, 0.25) is 0 Å². The van der Waals surface area contributed by atoms with Gasteiger partial charge in [-0.2, -0.15) is 0 Å². The molecule has 0 saturated heterocycles. The second-order valence-electron chi connectivity index (χ2n) is 4.73. The highest BCUT2D eigenvalue weighted by Gasteiger charge is 2.23. The van der Waals surface area contributed by atoms with E-state index in [9.17, 15) is 4.79 Å². The van der Waals surface area contributed by atoms with Crippen molar-refractivity contribution >= 4 is 5.78 Å². The number of hydrogen-bond acceptors (Lipinski definition) is 2. The molecule has 0 radical (unpaired) electrons. The Kier molecular flexibility index (Phi) is 4.32. The number of methoxy groups -OCH3 is 1. The number of ketones is 1. The van der Waals surface area contributed by atoms with Crippen LogP contribution in [0.3, 0.4) is 0 Å². The van der Waals surface area contributed by atoms with Crippen molar-refractivity contribution in [2.75, 3.05) is 13.7 Å². The molecular formula is C15H20O2. The number of ether oxygens (including phenoxy) is 1. The normalized spacial score (nSPS) is 15.6.